The summed E-state index contributed by atoms with van der Waals surface area (Å²) >= 11 is 0. The lowest BCUT2D eigenvalue weighted by atomic mass is 9.63. The average Bonchev–Trinajstić information content (AvgIpc) is 3.46. The number of nitrogens with zero attached hydrogens (tertiary/aromatic N) is 1. The maximum atomic E-state index is 14.4. The second-order valence-electron chi connectivity index (χ2n) is 12.4. The number of hydrogen-bond donors (Lipinski definition) is 1. The normalized spacial score (nSPS) is 36.4. The van der Waals surface area contributed by atoms with Crippen LogP contribution in [0.25, 0.3) is 0 Å². The van der Waals surface area contributed by atoms with Crippen molar-refractivity contribution in [3.05, 3.63) is 0 Å². The number of ether oxygens (including phenoxy) is 2. The van der Waals surface area contributed by atoms with E-state index in [9.17, 15) is 9.59 Å². The molecule has 1 aliphatic carbocycles. The molecule has 0 aromatic carbocycles. The molecule has 4 aliphatic rings. The fourth-order valence-electron chi connectivity index (χ4n) is 7.48. The highest BCUT2D eigenvalue weighted by Gasteiger charge is 2.70. The first-order valence-corrected chi connectivity index (χ1v) is 13.5. The first kappa shape index (κ1) is 25.1. The van der Waals surface area contributed by atoms with E-state index in [0.717, 1.165) is 25.7 Å². The lowest BCUT2D eigenvalue weighted by Gasteiger charge is -2.54. The summed E-state index contributed by atoms with van der Waals surface area (Å²) in [6.07, 6.45) is 13.2. The van der Waals surface area contributed by atoms with Gasteiger partial charge in [-0.05, 0) is 60.3 Å². The molecule has 0 bridgehead atoms. The first-order valence-electron chi connectivity index (χ1n) is 13.5. The van der Waals surface area contributed by atoms with Crippen LogP contribution < -0.4 is 5.32 Å². The van der Waals surface area contributed by atoms with Gasteiger partial charge in [-0.1, -0.05) is 44.9 Å². The van der Waals surface area contributed by atoms with Gasteiger partial charge in [0.1, 0.15) is 11.5 Å². The topological polar surface area (TPSA) is 71.2 Å². The molecule has 4 fully saturated rings. The fraction of sp³-hybridized carbons (Fsp3) is 0.926. The highest BCUT2D eigenvalue weighted by Crippen LogP contribution is 2.54. The average molecular weight is 463 g/mol. The van der Waals surface area contributed by atoms with Crippen LogP contribution in [0.5, 0.6) is 0 Å². The molecule has 1 saturated carbocycles. The Labute approximate surface area is 200 Å². The Kier molecular flexibility index (Phi) is 7.03. The molecule has 0 aromatic heterocycles. The molecule has 6 nitrogen and oxygen atoms in total. The summed E-state index contributed by atoms with van der Waals surface area (Å²) < 4.78 is 12.8. The van der Waals surface area contributed by atoms with Crippen LogP contribution >= 0.6 is 0 Å². The largest absolute Gasteiger partial charge is 0.371 e. The van der Waals surface area contributed by atoms with E-state index in [-0.39, 0.29) is 23.3 Å². The van der Waals surface area contributed by atoms with E-state index in [2.05, 4.69) is 33.0 Å². The zero-order valence-corrected chi connectivity index (χ0v) is 21.6. The van der Waals surface area contributed by atoms with Crippen LogP contribution in [0, 0.1) is 5.92 Å². The standard InChI is InChI=1S/C27H46N2O4/c1-20(30)22-25(4,5)28-24(2,3)19-27(22)23(31)29(17-21-18-32-21)26(33-27)15-13-11-9-7-6-8-10-12-14-16-26/h21-22,28H,6-19H2,1-5H3. The molecule has 0 aromatic rings. The van der Waals surface area contributed by atoms with Crippen LogP contribution in [0.1, 0.15) is 112 Å². The van der Waals surface area contributed by atoms with Crippen LogP contribution in [-0.2, 0) is 19.1 Å². The molecule has 2 spiro atoms. The molecule has 3 atom stereocenters. The number of hydrogen-bond acceptors (Lipinski definition) is 5. The number of Topliss-reactive ketones (excluding diaryl/α,β-unsaturated/α-hetero) is 1. The smallest absolute Gasteiger partial charge is 0.258 e. The third kappa shape index (κ3) is 5.04. The van der Waals surface area contributed by atoms with Crippen molar-refractivity contribution in [1.82, 2.24) is 10.2 Å². The molecule has 6 heteroatoms. The Morgan fingerprint density at radius 3 is 1.97 bits per heavy atom. The molecule has 3 saturated heterocycles. The number of amides is 1. The fourth-order valence-corrected chi connectivity index (χ4v) is 7.48. The van der Waals surface area contributed by atoms with Gasteiger partial charge in [-0.2, -0.15) is 0 Å². The Morgan fingerprint density at radius 1 is 0.970 bits per heavy atom. The van der Waals surface area contributed by atoms with E-state index in [1.807, 2.05) is 4.90 Å². The Balaban J connectivity index is 1.74. The van der Waals surface area contributed by atoms with E-state index in [4.69, 9.17) is 9.47 Å². The van der Waals surface area contributed by atoms with E-state index in [1.165, 1.54) is 44.9 Å². The van der Waals surface area contributed by atoms with Gasteiger partial charge in [0.15, 0.2) is 5.60 Å². The zero-order chi connectivity index (χ0) is 23.9. The van der Waals surface area contributed by atoms with E-state index >= 15 is 0 Å². The van der Waals surface area contributed by atoms with E-state index in [1.54, 1.807) is 6.92 Å². The Morgan fingerprint density at radius 2 is 1.48 bits per heavy atom. The van der Waals surface area contributed by atoms with Gasteiger partial charge in [0.2, 0.25) is 0 Å². The minimum Gasteiger partial charge on any atom is -0.371 e. The van der Waals surface area contributed by atoms with Gasteiger partial charge in [0, 0.05) is 17.5 Å². The van der Waals surface area contributed by atoms with Crippen LogP contribution in [-0.4, -0.2) is 58.2 Å². The molecular formula is C27H46N2O4. The highest BCUT2D eigenvalue weighted by atomic mass is 16.6. The van der Waals surface area contributed by atoms with Crippen LogP contribution in [0.3, 0.4) is 0 Å². The minimum absolute atomic E-state index is 0.0212. The molecule has 3 heterocycles. The predicted molar refractivity (Wildman–Crippen MR) is 129 cm³/mol. The molecule has 188 valence electrons. The van der Waals surface area contributed by atoms with Gasteiger partial charge in [-0.15, -0.1) is 0 Å². The molecule has 1 amide bonds. The monoisotopic (exact) mass is 462 g/mol. The maximum Gasteiger partial charge on any atom is 0.258 e. The first-order chi connectivity index (χ1) is 15.5. The maximum absolute atomic E-state index is 14.4. The summed E-state index contributed by atoms with van der Waals surface area (Å²) in [5.74, 6) is -0.467. The molecule has 33 heavy (non-hydrogen) atoms. The number of rotatable bonds is 3. The molecule has 0 radical (unpaired) electrons. The lowest BCUT2D eigenvalue weighted by Crippen LogP contribution is -2.73. The molecule has 3 unspecified atom stereocenters. The Hall–Kier alpha value is -0.980. The number of piperidine rings is 1. The van der Waals surface area contributed by atoms with Crippen LogP contribution in [0.2, 0.25) is 0 Å². The summed E-state index contributed by atoms with van der Waals surface area (Å²) in [5, 5.41) is 3.65. The summed E-state index contributed by atoms with van der Waals surface area (Å²) in [7, 11) is 0. The van der Waals surface area contributed by atoms with Crippen LogP contribution in [0.4, 0.5) is 0 Å². The molecule has 1 N–H and O–H groups in total. The number of nitrogens with one attached hydrogen (secondary N) is 1. The number of epoxide rings is 1. The van der Waals surface area contributed by atoms with Crippen molar-refractivity contribution in [2.24, 2.45) is 5.92 Å². The summed E-state index contributed by atoms with van der Waals surface area (Å²) in [6.45, 7) is 11.3. The van der Waals surface area contributed by atoms with Gasteiger partial charge < -0.3 is 19.7 Å². The third-order valence-corrected chi connectivity index (χ3v) is 8.35. The van der Waals surface area contributed by atoms with E-state index < -0.39 is 22.8 Å². The number of carbonyl (C=O) groups is 2. The van der Waals surface area contributed by atoms with Crippen LogP contribution in [0.15, 0.2) is 0 Å². The third-order valence-electron chi connectivity index (χ3n) is 8.35. The van der Waals surface area contributed by atoms with Crippen molar-refractivity contribution in [3.8, 4) is 0 Å². The van der Waals surface area contributed by atoms with E-state index in [0.29, 0.717) is 19.6 Å². The molecule has 4 rings (SSSR count). The number of carbonyl (C=O) groups excluding carboxylic acids is 2. The van der Waals surface area contributed by atoms with Gasteiger partial charge in [0.05, 0.1) is 25.2 Å². The van der Waals surface area contributed by atoms with Crippen molar-refractivity contribution >= 4 is 11.7 Å². The lowest BCUT2D eigenvalue weighted by molar-refractivity contribution is -0.200. The van der Waals surface area contributed by atoms with Crippen molar-refractivity contribution in [2.75, 3.05) is 13.2 Å². The van der Waals surface area contributed by atoms with Crippen molar-refractivity contribution in [3.63, 3.8) is 0 Å². The summed E-state index contributed by atoms with van der Waals surface area (Å²) in [5.41, 5.74) is -2.60. The highest BCUT2D eigenvalue weighted by molar-refractivity contribution is 5.96. The number of ketones is 1. The van der Waals surface area contributed by atoms with Gasteiger partial charge in [0.25, 0.3) is 5.91 Å². The minimum atomic E-state index is -1.12. The predicted octanol–water partition coefficient (Wildman–Crippen LogP) is 4.74. The van der Waals surface area contributed by atoms with Gasteiger partial charge >= 0.3 is 0 Å². The second kappa shape index (κ2) is 9.23. The van der Waals surface area contributed by atoms with Gasteiger partial charge in [-0.25, -0.2) is 0 Å². The summed E-state index contributed by atoms with van der Waals surface area (Å²) in [6, 6.07) is 0. The van der Waals surface area contributed by atoms with Crippen molar-refractivity contribution < 1.29 is 19.1 Å². The SMILES string of the molecule is CC(=O)C1C(C)(C)NC(C)(C)CC12OC1(CCCCCCCCCCC1)N(CC1CO1)C2=O. The Bertz CT molecular complexity index is 732. The summed E-state index contributed by atoms with van der Waals surface area (Å²) in [4.78, 5) is 29.6. The molecular weight excluding hydrogens is 416 g/mol. The van der Waals surface area contributed by atoms with Gasteiger partial charge in [-0.3, -0.25) is 9.59 Å². The van der Waals surface area contributed by atoms with Crippen molar-refractivity contribution in [1.29, 1.82) is 0 Å². The second-order valence-corrected chi connectivity index (χ2v) is 12.4. The molecule has 3 aliphatic heterocycles. The van der Waals surface area contributed by atoms with Crippen molar-refractivity contribution in [2.45, 2.75) is 140 Å². The quantitative estimate of drug-likeness (QED) is 0.614. The zero-order valence-electron chi connectivity index (χ0n) is 21.6.